The maximum absolute atomic E-state index is 11.4. The van der Waals surface area contributed by atoms with Gasteiger partial charge in [-0.3, -0.25) is 4.79 Å². The van der Waals surface area contributed by atoms with Gasteiger partial charge in [-0.25, -0.2) is 4.68 Å². The summed E-state index contributed by atoms with van der Waals surface area (Å²) in [5.74, 6) is 1.19. The van der Waals surface area contributed by atoms with Crippen LogP contribution in [0.1, 0.15) is 38.2 Å². The van der Waals surface area contributed by atoms with Gasteiger partial charge in [0.25, 0.3) is 0 Å². The third kappa shape index (κ3) is 4.33. The highest BCUT2D eigenvalue weighted by atomic mass is 16.5. The Balaban J connectivity index is 1.60. The molecule has 0 amide bonds. The van der Waals surface area contributed by atoms with Crippen molar-refractivity contribution in [2.45, 2.75) is 51.2 Å². The lowest BCUT2D eigenvalue weighted by molar-refractivity contribution is -0.131. The number of benzene rings is 1. The first kappa shape index (κ1) is 20.0. The molecule has 1 saturated carbocycles. The fourth-order valence-electron chi connectivity index (χ4n) is 3.69. The van der Waals surface area contributed by atoms with Crippen LogP contribution in [0.2, 0.25) is 0 Å². The van der Waals surface area contributed by atoms with Gasteiger partial charge >= 0.3 is 5.97 Å². The van der Waals surface area contributed by atoms with Crippen LogP contribution in [0.5, 0.6) is 5.75 Å². The molecule has 2 heterocycles. The molecule has 1 aromatic carbocycles. The number of fused-ring (bicyclic) bond motifs is 1. The van der Waals surface area contributed by atoms with Gasteiger partial charge in [0.05, 0.1) is 0 Å². The van der Waals surface area contributed by atoms with Crippen LogP contribution in [0.25, 0.3) is 11.2 Å². The van der Waals surface area contributed by atoms with Crippen LogP contribution in [0, 0.1) is 0 Å². The highest BCUT2D eigenvalue weighted by Crippen LogP contribution is 2.25. The molecule has 0 radical (unpaired) electrons. The van der Waals surface area contributed by atoms with Crippen LogP contribution in [-0.2, 0) is 18.4 Å². The molecule has 3 aromatic rings. The number of hydrogen-bond donors (Lipinski definition) is 3. The zero-order chi connectivity index (χ0) is 21.1. The number of nitrogens with one attached hydrogen (secondary N) is 2. The van der Waals surface area contributed by atoms with E-state index >= 15 is 0 Å². The standard InChI is InChI=1S/C20H26N8O2/c1-12(29)30-16-10-6-3-7-13(16)11-22-18-17-19(28(2)27-26-17)25-20(24-18)23-15-9-5-4-8-14(15)21/h3,6-7,10,14-15H,4-5,8-9,11,21H2,1-2H3,(H2,22,23,24,25). The Kier molecular flexibility index (Phi) is 5.75. The number of carbonyl (C=O) groups excluding carboxylic acids is 1. The third-order valence-electron chi connectivity index (χ3n) is 5.26. The van der Waals surface area contributed by atoms with Crippen molar-refractivity contribution < 1.29 is 9.53 Å². The molecule has 158 valence electrons. The van der Waals surface area contributed by atoms with E-state index in [2.05, 4.69) is 30.9 Å². The molecule has 4 rings (SSSR count). The first-order chi connectivity index (χ1) is 14.5. The van der Waals surface area contributed by atoms with Crippen LogP contribution in [0.3, 0.4) is 0 Å². The van der Waals surface area contributed by atoms with Crippen LogP contribution < -0.4 is 21.1 Å². The molecule has 10 nitrogen and oxygen atoms in total. The molecular weight excluding hydrogens is 384 g/mol. The van der Waals surface area contributed by atoms with E-state index in [4.69, 9.17) is 10.5 Å². The smallest absolute Gasteiger partial charge is 0.308 e. The van der Waals surface area contributed by atoms with Gasteiger partial charge in [-0.2, -0.15) is 9.97 Å². The Morgan fingerprint density at radius 3 is 2.87 bits per heavy atom. The Bertz CT molecular complexity index is 1050. The first-order valence-electron chi connectivity index (χ1n) is 10.1. The van der Waals surface area contributed by atoms with Crippen molar-refractivity contribution in [2.75, 3.05) is 10.6 Å². The number of aryl methyl sites for hydroxylation is 1. The molecule has 0 spiro atoms. The number of aromatic nitrogens is 5. The SMILES string of the molecule is CC(=O)Oc1ccccc1CNc1nc(NC2CCCCC2N)nc2c1nnn2C. The fourth-order valence-corrected chi connectivity index (χ4v) is 3.69. The lowest BCUT2D eigenvalue weighted by atomic mass is 9.91. The van der Waals surface area contributed by atoms with E-state index in [1.54, 1.807) is 17.8 Å². The number of esters is 1. The highest BCUT2D eigenvalue weighted by Gasteiger charge is 2.23. The molecule has 1 fully saturated rings. The van der Waals surface area contributed by atoms with E-state index in [0.717, 1.165) is 31.2 Å². The monoisotopic (exact) mass is 410 g/mol. The third-order valence-corrected chi connectivity index (χ3v) is 5.26. The summed E-state index contributed by atoms with van der Waals surface area (Å²) in [6, 6.07) is 7.57. The maximum Gasteiger partial charge on any atom is 0.308 e. The zero-order valence-corrected chi connectivity index (χ0v) is 17.1. The number of ether oxygens (including phenoxy) is 1. The Morgan fingerprint density at radius 2 is 2.07 bits per heavy atom. The van der Waals surface area contributed by atoms with Crippen molar-refractivity contribution in [3.8, 4) is 5.75 Å². The molecule has 30 heavy (non-hydrogen) atoms. The quantitative estimate of drug-likeness (QED) is 0.412. The summed E-state index contributed by atoms with van der Waals surface area (Å²) >= 11 is 0. The summed E-state index contributed by atoms with van der Waals surface area (Å²) < 4.78 is 6.90. The molecule has 2 aromatic heterocycles. The average Bonchev–Trinajstić information content (AvgIpc) is 3.09. The lowest BCUT2D eigenvalue weighted by Gasteiger charge is -2.29. The summed E-state index contributed by atoms with van der Waals surface area (Å²) in [5, 5.41) is 14.9. The number of nitrogens with zero attached hydrogens (tertiary/aromatic N) is 5. The minimum absolute atomic E-state index is 0.0784. The Morgan fingerprint density at radius 1 is 1.27 bits per heavy atom. The molecule has 1 aliphatic carbocycles. The molecule has 1 aliphatic rings. The van der Waals surface area contributed by atoms with Crippen molar-refractivity contribution >= 4 is 28.9 Å². The van der Waals surface area contributed by atoms with E-state index in [0.29, 0.717) is 35.2 Å². The van der Waals surface area contributed by atoms with Crippen LogP contribution in [0.15, 0.2) is 24.3 Å². The molecule has 10 heteroatoms. The number of hydrogen-bond acceptors (Lipinski definition) is 9. The second-order valence-corrected chi connectivity index (χ2v) is 7.54. The largest absolute Gasteiger partial charge is 0.426 e. The molecule has 4 N–H and O–H groups in total. The van der Waals surface area contributed by atoms with E-state index in [1.165, 1.54) is 6.92 Å². The van der Waals surface area contributed by atoms with Gasteiger partial charge in [0.1, 0.15) is 5.75 Å². The van der Waals surface area contributed by atoms with Crippen LogP contribution >= 0.6 is 0 Å². The van der Waals surface area contributed by atoms with Gasteiger partial charge in [-0.15, -0.1) is 5.10 Å². The normalized spacial score (nSPS) is 18.9. The molecule has 2 atom stereocenters. The van der Waals surface area contributed by atoms with Crippen LogP contribution in [-0.4, -0.2) is 43.0 Å². The van der Waals surface area contributed by atoms with Gasteiger partial charge in [0, 0.05) is 38.2 Å². The second kappa shape index (κ2) is 8.62. The zero-order valence-electron chi connectivity index (χ0n) is 17.1. The summed E-state index contributed by atoms with van der Waals surface area (Å²) in [5.41, 5.74) is 8.29. The number of rotatable bonds is 6. The van der Waals surface area contributed by atoms with Crippen molar-refractivity contribution in [1.82, 2.24) is 25.0 Å². The lowest BCUT2D eigenvalue weighted by Crippen LogP contribution is -2.43. The van der Waals surface area contributed by atoms with E-state index in [1.807, 2.05) is 18.2 Å². The first-order valence-corrected chi connectivity index (χ1v) is 10.1. The van der Waals surface area contributed by atoms with Crippen molar-refractivity contribution in [3.63, 3.8) is 0 Å². The number of carbonyl (C=O) groups is 1. The van der Waals surface area contributed by atoms with E-state index < -0.39 is 0 Å². The van der Waals surface area contributed by atoms with Crippen molar-refractivity contribution in [1.29, 1.82) is 0 Å². The second-order valence-electron chi connectivity index (χ2n) is 7.54. The van der Waals surface area contributed by atoms with Crippen LogP contribution in [0.4, 0.5) is 11.8 Å². The van der Waals surface area contributed by atoms with Gasteiger partial charge in [0.15, 0.2) is 17.0 Å². The Labute approximate surface area is 174 Å². The van der Waals surface area contributed by atoms with E-state index in [9.17, 15) is 4.79 Å². The van der Waals surface area contributed by atoms with E-state index in [-0.39, 0.29) is 18.1 Å². The Hall–Kier alpha value is -3.27. The minimum atomic E-state index is -0.365. The molecule has 2 unspecified atom stereocenters. The highest BCUT2D eigenvalue weighted by molar-refractivity contribution is 5.83. The van der Waals surface area contributed by atoms with Crippen molar-refractivity contribution in [3.05, 3.63) is 29.8 Å². The summed E-state index contributed by atoms with van der Waals surface area (Å²) in [6.07, 6.45) is 4.27. The number of anilines is 2. The molecule has 0 saturated heterocycles. The topological polar surface area (TPSA) is 133 Å². The number of para-hydroxylation sites is 1. The molecular formula is C20H26N8O2. The summed E-state index contributed by atoms with van der Waals surface area (Å²) in [4.78, 5) is 20.6. The maximum atomic E-state index is 11.4. The predicted molar refractivity (Wildman–Crippen MR) is 113 cm³/mol. The summed E-state index contributed by atoms with van der Waals surface area (Å²) in [6.45, 7) is 1.78. The number of nitrogens with two attached hydrogens (primary N) is 1. The molecule has 0 bridgehead atoms. The minimum Gasteiger partial charge on any atom is -0.426 e. The van der Waals surface area contributed by atoms with Gasteiger partial charge < -0.3 is 21.1 Å². The average molecular weight is 410 g/mol. The van der Waals surface area contributed by atoms with Crippen molar-refractivity contribution in [2.24, 2.45) is 12.8 Å². The fraction of sp³-hybridized carbons (Fsp3) is 0.450. The van der Waals surface area contributed by atoms with Gasteiger partial charge in [-0.05, 0) is 18.9 Å². The van der Waals surface area contributed by atoms with Gasteiger partial charge in [0.2, 0.25) is 5.95 Å². The molecule has 0 aliphatic heterocycles. The summed E-state index contributed by atoms with van der Waals surface area (Å²) in [7, 11) is 1.79. The van der Waals surface area contributed by atoms with Gasteiger partial charge in [-0.1, -0.05) is 36.3 Å². The predicted octanol–water partition coefficient (Wildman–Crippen LogP) is 1.98.